The summed E-state index contributed by atoms with van der Waals surface area (Å²) in [7, 11) is -1.81. The molecule has 9 heteroatoms. The van der Waals surface area contributed by atoms with Gasteiger partial charge >= 0.3 is 0 Å². The minimum Gasteiger partial charge on any atom is -0.385 e. The molecule has 8 nitrogen and oxygen atoms in total. The Labute approximate surface area is 134 Å². The van der Waals surface area contributed by atoms with Gasteiger partial charge in [0, 0.05) is 37.8 Å². The molecule has 0 radical (unpaired) electrons. The minimum absolute atomic E-state index is 0.278. The van der Waals surface area contributed by atoms with Crippen LogP contribution in [0, 0.1) is 10.1 Å². The van der Waals surface area contributed by atoms with Crippen LogP contribution in [0.2, 0.25) is 0 Å². The molecule has 0 bridgehead atoms. The second-order valence-electron chi connectivity index (χ2n) is 5.26. The highest BCUT2D eigenvalue weighted by Crippen LogP contribution is 2.26. The van der Waals surface area contributed by atoms with Gasteiger partial charge in [-0.3, -0.25) is 14.8 Å². The number of nitro benzene ring substituents is 1. The van der Waals surface area contributed by atoms with Gasteiger partial charge in [0.1, 0.15) is 4.90 Å². The summed E-state index contributed by atoms with van der Waals surface area (Å²) in [6.07, 6.45) is 6.37. The summed E-state index contributed by atoms with van der Waals surface area (Å²) in [6, 6.07) is 4.02. The van der Waals surface area contributed by atoms with E-state index in [2.05, 4.69) is 10.4 Å². The lowest BCUT2D eigenvalue weighted by Crippen LogP contribution is -2.06. The molecule has 0 aliphatic heterocycles. The molecule has 1 aromatic carbocycles. The Hall–Kier alpha value is -2.42. The number of rotatable bonds is 7. The van der Waals surface area contributed by atoms with Crippen LogP contribution in [0.15, 0.2) is 35.5 Å². The van der Waals surface area contributed by atoms with E-state index in [0.29, 0.717) is 12.2 Å². The van der Waals surface area contributed by atoms with Crippen molar-refractivity contribution in [3.05, 3.63) is 46.3 Å². The molecular weight excluding hydrogens is 320 g/mol. The zero-order valence-electron chi connectivity index (χ0n) is 12.9. The topological polar surface area (TPSA) is 107 Å². The molecule has 0 fully saturated rings. The van der Waals surface area contributed by atoms with Crippen LogP contribution in [-0.2, 0) is 23.3 Å². The summed E-state index contributed by atoms with van der Waals surface area (Å²) in [6.45, 7) is 0.621. The SMILES string of the molecule is Cn1cc(CCCNc2ccc([N+](=O)[O-])c(S(C)(=O)=O)c2)cn1. The number of nitrogens with one attached hydrogen (secondary N) is 1. The zero-order chi connectivity index (χ0) is 17.0. The molecule has 0 spiro atoms. The van der Waals surface area contributed by atoms with Gasteiger partial charge in [-0.1, -0.05) is 0 Å². The molecule has 1 heterocycles. The van der Waals surface area contributed by atoms with Gasteiger partial charge in [-0.2, -0.15) is 5.10 Å². The molecule has 0 saturated heterocycles. The number of anilines is 1. The lowest BCUT2D eigenvalue weighted by Gasteiger charge is -2.08. The van der Waals surface area contributed by atoms with Gasteiger partial charge in [-0.25, -0.2) is 8.42 Å². The van der Waals surface area contributed by atoms with Crippen LogP contribution >= 0.6 is 0 Å². The number of nitrogens with zero attached hydrogens (tertiary/aromatic N) is 3. The summed E-state index contributed by atoms with van der Waals surface area (Å²) >= 11 is 0. The average Bonchev–Trinajstić information content (AvgIpc) is 2.88. The van der Waals surface area contributed by atoms with E-state index >= 15 is 0 Å². The second kappa shape index (κ2) is 6.78. The first-order valence-electron chi connectivity index (χ1n) is 6.97. The Kier molecular flexibility index (Phi) is 4.99. The maximum absolute atomic E-state index is 11.7. The largest absolute Gasteiger partial charge is 0.385 e. The van der Waals surface area contributed by atoms with Gasteiger partial charge in [-0.05, 0) is 30.5 Å². The molecular formula is C14H18N4O4S. The first-order chi connectivity index (χ1) is 10.8. The fourth-order valence-corrected chi connectivity index (χ4v) is 3.06. The Morgan fingerprint density at radius 1 is 1.39 bits per heavy atom. The van der Waals surface area contributed by atoms with Crippen molar-refractivity contribution in [2.75, 3.05) is 18.1 Å². The molecule has 1 aromatic heterocycles. The van der Waals surface area contributed by atoms with Crippen molar-refractivity contribution >= 4 is 21.2 Å². The van der Waals surface area contributed by atoms with Gasteiger partial charge < -0.3 is 5.32 Å². The van der Waals surface area contributed by atoms with Crippen molar-refractivity contribution < 1.29 is 13.3 Å². The molecule has 0 aliphatic rings. The van der Waals surface area contributed by atoms with Crippen molar-refractivity contribution in [2.24, 2.45) is 7.05 Å². The molecule has 23 heavy (non-hydrogen) atoms. The van der Waals surface area contributed by atoms with E-state index in [4.69, 9.17) is 0 Å². The molecule has 124 valence electrons. The van der Waals surface area contributed by atoms with Gasteiger partial charge in [0.25, 0.3) is 5.69 Å². The van der Waals surface area contributed by atoms with E-state index in [1.807, 2.05) is 13.2 Å². The first kappa shape index (κ1) is 16.9. The number of benzene rings is 1. The normalized spacial score (nSPS) is 11.4. The van der Waals surface area contributed by atoms with Crippen molar-refractivity contribution in [1.29, 1.82) is 0 Å². The van der Waals surface area contributed by atoms with Crippen molar-refractivity contribution in [3.63, 3.8) is 0 Å². The molecule has 2 rings (SSSR count). The summed E-state index contributed by atoms with van der Waals surface area (Å²) in [4.78, 5) is 9.94. The van der Waals surface area contributed by atoms with Gasteiger partial charge in [0.15, 0.2) is 9.84 Å². The summed E-state index contributed by atoms with van der Waals surface area (Å²) in [5.74, 6) is 0. The summed E-state index contributed by atoms with van der Waals surface area (Å²) in [5, 5.41) is 18.1. The molecule has 2 aromatic rings. The number of nitro groups is 1. The first-order valence-corrected chi connectivity index (χ1v) is 8.86. The Morgan fingerprint density at radius 3 is 2.70 bits per heavy atom. The fraction of sp³-hybridized carbons (Fsp3) is 0.357. The standard InChI is InChI=1S/C14H18N4O4S/c1-17-10-11(9-16-17)4-3-7-15-12-5-6-13(18(19)20)14(8-12)23(2,21)22/h5-6,8-10,15H,3-4,7H2,1-2H3. The van der Waals surface area contributed by atoms with Crippen LogP contribution in [0.4, 0.5) is 11.4 Å². The fourth-order valence-electron chi connectivity index (χ4n) is 2.20. The van der Waals surface area contributed by atoms with Crippen LogP contribution in [-0.4, -0.2) is 35.9 Å². The van der Waals surface area contributed by atoms with Crippen molar-refractivity contribution in [2.45, 2.75) is 17.7 Å². The lowest BCUT2D eigenvalue weighted by atomic mass is 10.2. The molecule has 0 saturated carbocycles. The highest BCUT2D eigenvalue weighted by atomic mass is 32.2. The van der Waals surface area contributed by atoms with Gasteiger partial charge in [0.05, 0.1) is 11.1 Å². The maximum atomic E-state index is 11.7. The average molecular weight is 338 g/mol. The Balaban J connectivity index is 2.02. The van der Waals surface area contributed by atoms with E-state index in [9.17, 15) is 18.5 Å². The van der Waals surface area contributed by atoms with E-state index in [0.717, 1.165) is 24.7 Å². The Morgan fingerprint density at radius 2 is 2.13 bits per heavy atom. The van der Waals surface area contributed by atoms with E-state index in [1.165, 1.54) is 18.2 Å². The highest BCUT2D eigenvalue weighted by Gasteiger charge is 2.22. The predicted molar refractivity (Wildman–Crippen MR) is 86.2 cm³/mol. The molecule has 1 N–H and O–H groups in total. The smallest absolute Gasteiger partial charge is 0.288 e. The third kappa shape index (κ3) is 4.52. The van der Waals surface area contributed by atoms with Crippen LogP contribution in [0.5, 0.6) is 0 Å². The quantitative estimate of drug-likeness (QED) is 0.468. The maximum Gasteiger partial charge on any atom is 0.288 e. The van der Waals surface area contributed by atoms with Crippen LogP contribution < -0.4 is 5.32 Å². The number of hydrogen-bond donors (Lipinski definition) is 1. The summed E-state index contributed by atoms with van der Waals surface area (Å²) < 4.78 is 25.1. The minimum atomic E-state index is -3.66. The van der Waals surface area contributed by atoms with E-state index in [1.54, 1.807) is 10.9 Å². The predicted octanol–water partition coefficient (Wildman–Crippen LogP) is 1.78. The highest BCUT2D eigenvalue weighted by molar-refractivity contribution is 7.90. The third-order valence-electron chi connectivity index (χ3n) is 3.29. The van der Waals surface area contributed by atoms with Gasteiger partial charge in [0.2, 0.25) is 0 Å². The van der Waals surface area contributed by atoms with Gasteiger partial charge in [-0.15, -0.1) is 0 Å². The third-order valence-corrected chi connectivity index (χ3v) is 4.41. The van der Waals surface area contributed by atoms with Crippen LogP contribution in [0.3, 0.4) is 0 Å². The number of sulfone groups is 1. The van der Waals surface area contributed by atoms with Crippen LogP contribution in [0.25, 0.3) is 0 Å². The molecule has 0 unspecified atom stereocenters. The summed E-state index contributed by atoms with van der Waals surface area (Å²) in [5.41, 5.74) is 1.26. The molecule has 0 atom stereocenters. The monoisotopic (exact) mass is 338 g/mol. The van der Waals surface area contributed by atoms with E-state index in [-0.39, 0.29) is 4.90 Å². The second-order valence-corrected chi connectivity index (χ2v) is 7.25. The Bertz CT molecular complexity index is 814. The molecule has 0 aliphatic carbocycles. The van der Waals surface area contributed by atoms with Crippen molar-refractivity contribution in [1.82, 2.24) is 9.78 Å². The number of hydrogen-bond acceptors (Lipinski definition) is 6. The van der Waals surface area contributed by atoms with E-state index < -0.39 is 20.4 Å². The van der Waals surface area contributed by atoms with Crippen LogP contribution in [0.1, 0.15) is 12.0 Å². The van der Waals surface area contributed by atoms with Crippen molar-refractivity contribution in [3.8, 4) is 0 Å². The zero-order valence-corrected chi connectivity index (χ0v) is 13.7. The lowest BCUT2D eigenvalue weighted by molar-refractivity contribution is -0.387. The number of aryl methyl sites for hydroxylation is 2. The number of aromatic nitrogens is 2. The molecule has 0 amide bonds.